The van der Waals surface area contributed by atoms with E-state index >= 15 is 0 Å². The van der Waals surface area contributed by atoms with Gasteiger partial charge in [-0.15, -0.1) is 0 Å². The van der Waals surface area contributed by atoms with Crippen LogP contribution in [0.1, 0.15) is 0 Å². The van der Waals surface area contributed by atoms with Crippen LogP contribution in [0.25, 0.3) is 230 Å². The molecule has 0 radical (unpaired) electrons. The zero-order valence-corrected chi connectivity index (χ0v) is 64.1. The van der Waals surface area contributed by atoms with Gasteiger partial charge in [0.05, 0.1) is 77.6 Å². The Balaban J connectivity index is 0.000000131. The molecule has 0 saturated carbocycles. The van der Waals surface area contributed by atoms with E-state index in [1.807, 2.05) is 0 Å². The molecule has 548 valence electrons. The summed E-state index contributed by atoms with van der Waals surface area (Å²) >= 11 is 0. The fraction of sp³-hybridized carbons (Fsp3) is 0. The van der Waals surface area contributed by atoms with Gasteiger partial charge in [0.2, 0.25) is 0 Å². The monoisotopic (exact) mass is 1500 g/mol. The molecule has 0 atom stereocenters. The Morgan fingerprint density at radius 1 is 0.127 bits per heavy atom. The van der Waals surface area contributed by atoms with Gasteiger partial charge in [-0.05, 0) is 194 Å². The van der Waals surface area contributed by atoms with Crippen LogP contribution in [0.2, 0.25) is 0 Å². The zero-order chi connectivity index (χ0) is 77.2. The maximum absolute atomic E-state index is 2.53. The lowest BCUT2D eigenvalue weighted by molar-refractivity contribution is 1.16. The zero-order valence-electron chi connectivity index (χ0n) is 64.1. The topological polar surface area (TPSA) is 29.6 Å². The maximum Gasteiger partial charge on any atom is 0.0789 e. The van der Waals surface area contributed by atoms with E-state index in [4.69, 9.17) is 0 Å². The first-order chi connectivity index (χ1) is 58.6. The number of rotatable bonds is 8. The van der Waals surface area contributed by atoms with E-state index < -0.39 is 0 Å². The van der Waals surface area contributed by atoms with Crippen LogP contribution in [0.15, 0.2) is 425 Å². The summed E-state index contributed by atoms with van der Waals surface area (Å²) in [6, 6.07) is 156. The summed E-state index contributed by atoms with van der Waals surface area (Å²) in [5, 5.41) is 24.8. The van der Waals surface area contributed by atoms with Crippen LogP contribution < -0.4 is 0 Å². The van der Waals surface area contributed by atoms with E-state index in [0.717, 1.165) is 11.4 Å². The Morgan fingerprint density at radius 2 is 0.424 bits per heavy atom. The molecule has 0 N–H and O–H groups in total. The summed E-state index contributed by atoms with van der Waals surface area (Å²) in [7, 11) is 0. The van der Waals surface area contributed by atoms with Gasteiger partial charge in [-0.2, -0.15) is 0 Å². The van der Waals surface area contributed by atoms with Gasteiger partial charge in [0, 0.05) is 98.2 Å². The lowest BCUT2D eigenvalue weighted by Crippen LogP contribution is -1.99. The highest BCUT2D eigenvalue weighted by atomic mass is 15.1. The van der Waals surface area contributed by atoms with Crippen LogP contribution in [0.4, 0.5) is 0 Å². The molecule has 0 fully saturated rings. The molecule has 6 aromatic heterocycles. The molecular weight excluding hydrogens is 1430 g/mol. The summed E-state index contributed by atoms with van der Waals surface area (Å²) in [6.07, 6.45) is 0. The second-order valence-electron chi connectivity index (χ2n) is 31.5. The average Bonchev–Trinajstić information content (AvgIpc) is 1.54. The predicted octanol–water partition coefficient (Wildman–Crippen LogP) is 29.9. The minimum atomic E-state index is 1.15. The van der Waals surface area contributed by atoms with Crippen molar-refractivity contribution in [1.29, 1.82) is 0 Å². The fourth-order valence-corrected chi connectivity index (χ4v) is 20.0. The van der Waals surface area contributed by atoms with Crippen molar-refractivity contribution >= 4 is 174 Å². The third-order valence-electron chi connectivity index (χ3n) is 25.2. The molecular formula is C112H70N6. The lowest BCUT2D eigenvalue weighted by atomic mass is 10.00. The van der Waals surface area contributed by atoms with Crippen molar-refractivity contribution in [3.05, 3.63) is 425 Å². The van der Waals surface area contributed by atoms with Crippen LogP contribution in [0.3, 0.4) is 0 Å². The molecule has 0 amide bonds. The number of hydrogen-bond donors (Lipinski definition) is 0. The molecule has 6 heterocycles. The fourth-order valence-electron chi connectivity index (χ4n) is 20.0. The lowest BCUT2D eigenvalue weighted by Gasteiger charge is -2.14. The van der Waals surface area contributed by atoms with Gasteiger partial charge in [0.1, 0.15) is 0 Å². The summed E-state index contributed by atoms with van der Waals surface area (Å²) in [5.41, 5.74) is 26.3. The number of para-hydroxylation sites is 6. The number of aromatic nitrogens is 6. The van der Waals surface area contributed by atoms with Crippen molar-refractivity contribution in [3.8, 4) is 56.4 Å². The van der Waals surface area contributed by atoms with Crippen molar-refractivity contribution in [2.45, 2.75) is 0 Å². The van der Waals surface area contributed by atoms with Gasteiger partial charge in [-0.3, -0.25) is 0 Å². The first-order valence-corrected chi connectivity index (χ1v) is 40.7. The van der Waals surface area contributed by atoms with E-state index in [1.54, 1.807) is 0 Å². The number of nitrogens with zero attached hydrogens (tertiary/aromatic N) is 6. The molecule has 0 spiro atoms. The van der Waals surface area contributed by atoms with Gasteiger partial charge in [-0.25, -0.2) is 0 Å². The van der Waals surface area contributed by atoms with Crippen LogP contribution in [-0.2, 0) is 0 Å². The normalized spacial score (nSPS) is 12.1. The minimum absolute atomic E-state index is 1.15. The van der Waals surface area contributed by atoms with E-state index in [1.165, 1.54) is 219 Å². The van der Waals surface area contributed by atoms with Crippen LogP contribution >= 0.6 is 0 Å². The van der Waals surface area contributed by atoms with Gasteiger partial charge < -0.3 is 27.4 Å². The first-order valence-electron chi connectivity index (χ1n) is 40.7. The molecule has 6 nitrogen and oxygen atoms in total. The molecule has 0 aliphatic carbocycles. The van der Waals surface area contributed by atoms with Crippen molar-refractivity contribution in [2.24, 2.45) is 0 Å². The van der Waals surface area contributed by atoms with E-state index in [9.17, 15) is 0 Å². The first kappa shape index (κ1) is 65.8. The Hall–Kier alpha value is -15.8. The number of hydrogen-bond acceptors (Lipinski definition) is 0. The second kappa shape index (κ2) is 25.9. The summed E-state index contributed by atoms with van der Waals surface area (Å²) in [4.78, 5) is 0. The molecule has 6 heteroatoms. The summed E-state index contributed by atoms with van der Waals surface area (Å²) < 4.78 is 14.8. The van der Waals surface area contributed by atoms with Crippen molar-refractivity contribution in [2.75, 3.05) is 0 Å². The minimum Gasteiger partial charge on any atom is -0.309 e. The Kier molecular flexibility index (Phi) is 14.4. The summed E-state index contributed by atoms with van der Waals surface area (Å²) in [5.74, 6) is 0. The summed E-state index contributed by atoms with van der Waals surface area (Å²) in [6.45, 7) is 0. The van der Waals surface area contributed by atoms with Gasteiger partial charge in [0.15, 0.2) is 0 Å². The molecule has 0 aliphatic rings. The smallest absolute Gasteiger partial charge is 0.0789 e. The molecule has 20 aromatic carbocycles. The molecule has 0 bridgehead atoms. The van der Waals surface area contributed by atoms with Gasteiger partial charge in [-0.1, -0.05) is 285 Å². The maximum atomic E-state index is 2.53. The molecule has 0 aliphatic heterocycles. The number of benzene rings is 20. The molecule has 0 unspecified atom stereocenters. The number of fused-ring (bicyclic) bond motifs is 24. The molecule has 26 aromatic rings. The van der Waals surface area contributed by atoms with Gasteiger partial charge in [0.25, 0.3) is 0 Å². The Labute approximate surface area is 677 Å². The van der Waals surface area contributed by atoms with Gasteiger partial charge >= 0.3 is 0 Å². The van der Waals surface area contributed by atoms with E-state index in [0.29, 0.717) is 0 Å². The van der Waals surface area contributed by atoms with Crippen molar-refractivity contribution < 1.29 is 0 Å². The highest BCUT2D eigenvalue weighted by Crippen LogP contribution is 2.48. The molecule has 118 heavy (non-hydrogen) atoms. The quantitative estimate of drug-likeness (QED) is 0.145. The third-order valence-corrected chi connectivity index (χ3v) is 25.2. The Morgan fingerprint density at radius 3 is 0.907 bits per heavy atom. The van der Waals surface area contributed by atoms with Crippen LogP contribution in [0, 0.1) is 0 Å². The average molecular weight is 1500 g/mol. The van der Waals surface area contributed by atoms with E-state index in [-0.39, 0.29) is 0 Å². The van der Waals surface area contributed by atoms with Crippen LogP contribution in [-0.4, -0.2) is 27.4 Å². The highest BCUT2D eigenvalue weighted by molar-refractivity contribution is 6.28. The molecule has 26 rings (SSSR count). The highest BCUT2D eigenvalue weighted by Gasteiger charge is 2.27. The Bertz CT molecular complexity index is 8680. The SMILES string of the molecule is c1ccc(-n2c3ccccc3c3c2ccc2c4cc(-c5ccc6c(c5)c5ccccc5n6-c5ccc6ccccc6c5)ccc4n(-c4cccc5ccccc45)c23)cc1.c1ccc(-n2c3ccccc3c3ccc4c5cc(-c6ccc7c(c6)c6ccccc6n7-c6ccc7ccccc7c6)ccc5n(-c5cccc6ccccc56)c4c32)cc1. The third kappa shape index (κ3) is 9.87. The molecule has 0 saturated heterocycles. The predicted molar refractivity (Wildman–Crippen MR) is 500 cm³/mol. The standard InChI is InChI=1S/2C56H35N3/c1-2-17-41(18-3-1)58-52-23-11-8-20-44(52)46-29-30-47-49-35-40(27-32-54(49)59(56(47)55(46)58)50-24-12-16-37-14-6-7-19-43(37)50)39-26-31-53-48(34-39)45-21-9-10-22-51(45)57(53)42-28-25-36-13-4-5-15-38(36)33-42;1-2-17-41(18-3-1)57-51-23-11-9-21-46(51)55-54(57)32-29-45-48-35-40(27-31-53(48)59(56(45)55)49-24-12-16-37-14-6-7-19-43(37)49)39-26-30-52-47(34-39)44-20-8-10-22-50(44)58(52)42-28-25-36-13-4-5-15-38(36)33-42/h2*1-35H. The second-order valence-corrected chi connectivity index (χ2v) is 31.5. The van der Waals surface area contributed by atoms with Crippen LogP contribution in [0.5, 0.6) is 0 Å². The largest absolute Gasteiger partial charge is 0.309 e. The van der Waals surface area contributed by atoms with Crippen molar-refractivity contribution in [1.82, 2.24) is 27.4 Å². The van der Waals surface area contributed by atoms with E-state index in [2.05, 4.69) is 452 Å². The van der Waals surface area contributed by atoms with Crippen molar-refractivity contribution in [3.63, 3.8) is 0 Å².